The van der Waals surface area contributed by atoms with Crippen LogP contribution in [-0.4, -0.2) is 40.8 Å². The van der Waals surface area contributed by atoms with Gasteiger partial charge >= 0.3 is 0 Å². The number of carbonyl (C=O) groups is 2. The van der Waals surface area contributed by atoms with Crippen LogP contribution in [0, 0.1) is 11.3 Å². The van der Waals surface area contributed by atoms with E-state index in [1.807, 2.05) is 0 Å². The molecule has 1 aromatic rings. The van der Waals surface area contributed by atoms with Gasteiger partial charge in [-0.05, 0) is 49.7 Å². The highest BCUT2D eigenvalue weighted by atomic mass is 16.2. The quantitative estimate of drug-likeness (QED) is 0.928. The van der Waals surface area contributed by atoms with E-state index in [-0.39, 0.29) is 17.4 Å². The summed E-state index contributed by atoms with van der Waals surface area (Å²) in [4.78, 5) is 30.5. The lowest BCUT2D eigenvalue weighted by molar-refractivity contribution is -0.139. The number of rotatable bonds is 3. The normalized spacial score (nSPS) is 25.7. The molecule has 1 aliphatic heterocycles. The number of nitrogens with zero attached hydrogens (tertiary/aromatic N) is 2. The summed E-state index contributed by atoms with van der Waals surface area (Å²) in [5, 5.41) is 3.15. The second-order valence-corrected chi connectivity index (χ2v) is 7.28. The van der Waals surface area contributed by atoms with Crippen LogP contribution in [0.4, 0.5) is 0 Å². The number of pyridine rings is 1. The van der Waals surface area contributed by atoms with Crippen molar-refractivity contribution >= 4 is 11.8 Å². The van der Waals surface area contributed by atoms with E-state index < -0.39 is 0 Å². The molecule has 2 heterocycles. The van der Waals surface area contributed by atoms with Crippen LogP contribution in [0.5, 0.6) is 0 Å². The Kier molecular flexibility index (Phi) is 3.58. The number of aromatic nitrogens is 1. The first kappa shape index (κ1) is 14.7. The zero-order valence-electron chi connectivity index (χ0n) is 13.3. The SMILES string of the molecule is O=C(NC1CC12CCN(C(=O)C1CCC1)CC2)c1ccncc1. The molecule has 3 fully saturated rings. The van der Waals surface area contributed by atoms with Crippen LogP contribution in [0.3, 0.4) is 0 Å². The Hall–Kier alpha value is -1.91. The van der Waals surface area contributed by atoms with Crippen LogP contribution < -0.4 is 5.32 Å². The molecule has 3 aliphatic rings. The third-order valence-electron chi connectivity index (χ3n) is 5.96. The highest BCUT2D eigenvalue weighted by molar-refractivity contribution is 5.94. The molecule has 5 heteroatoms. The summed E-state index contributed by atoms with van der Waals surface area (Å²) in [5.41, 5.74) is 0.902. The highest BCUT2D eigenvalue weighted by Gasteiger charge is 2.56. The Morgan fingerprint density at radius 2 is 1.87 bits per heavy atom. The number of hydrogen-bond donors (Lipinski definition) is 1. The second kappa shape index (κ2) is 5.62. The standard InChI is InChI=1S/C18H23N3O2/c22-16(13-4-8-19-9-5-13)20-15-12-18(15)6-10-21(11-7-18)17(23)14-2-1-3-14/h4-5,8-9,14-15H,1-3,6-7,10-12H2,(H,20,22). The maximum atomic E-state index is 12.3. The molecule has 23 heavy (non-hydrogen) atoms. The van der Waals surface area contributed by atoms with E-state index in [1.165, 1.54) is 6.42 Å². The summed E-state index contributed by atoms with van der Waals surface area (Å²) < 4.78 is 0. The van der Waals surface area contributed by atoms with Gasteiger partial charge in [0, 0.05) is 43.0 Å². The fourth-order valence-electron chi connectivity index (χ4n) is 3.94. The maximum Gasteiger partial charge on any atom is 0.251 e. The lowest BCUT2D eigenvalue weighted by Gasteiger charge is -2.37. The summed E-state index contributed by atoms with van der Waals surface area (Å²) in [7, 11) is 0. The van der Waals surface area contributed by atoms with Crippen molar-refractivity contribution in [1.82, 2.24) is 15.2 Å². The molecule has 0 bridgehead atoms. The first-order valence-corrected chi connectivity index (χ1v) is 8.68. The van der Waals surface area contributed by atoms with Gasteiger partial charge in [0.25, 0.3) is 5.91 Å². The Balaban J connectivity index is 1.29. The van der Waals surface area contributed by atoms with Crippen LogP contribution in [-0.2, 0) is 4.79 Å². The van der Waals surface area contributed by atoms with E-state index in [0.29, 0.717) is 17.4 Å². The number of amides is 2. The molecule has 1 unspecified atom stereocenters. The fourth-order valence-corrected chi connectivity index (χ4v) is 3.94. The molecule has 122 valence electrons. The van der Waals surface area contributed by atoms with Gasteiger partial charge in [0.1, 0.15) is 0 Å². The molecule has 1 aromatic heterocycles. The summed E-state index contributed by atoms with van der Waals surface area (Å²) >= 11 is 0. The molecule has 5 nitrogen and oxygen atoms in total. The molecule has 1 atom stereocenters. The Bertz CT molecular complexity index is 604. The first-order chi connectivity index (χ1) is 11.2. The number of carbonyl (C=O) groups excluding carboxylic acids is 2. The van der Waals surface area contributed by atoms with Crippen molar-refractivity contribution in [2.24, 2.45) is 11.3 Å². The molecule has 1 N–H and O–H groups in total. The van der Waals surface area contributed by atoms with Crippen molar-refractivity contribution in [3.63, 3.8) is 0 Å². The minimum Gasteiger partial charge on any atom is -0.349 e. The first-order valence-electron chi connectivity index (χ1n) is 8.68. The molecule has 0 aromatic carbocycles. The minimum atomic E-state index is -0.0118. The number of piperidine rings is 1. The number of hydrogen-bond acceptors (Lipinski definition) is 3. The summed E-state index contributed by atoms with van der Waals surface area (Å²) in [6.45, 7) is 1.72. The van der Waals surface area contributed by atoms with Gasteiger partial charge in [-0.3, -0.25) is 14.6 Å². The zero-order valence-corrected chi connectivity index (χ0v) is 13.3. The summed E-state index contributed by atoms with van der Waals surface area (Å²) in [6.07, 6.45) is 9.73. The van der Waals surface area contributed by atoms with Gasteiger partial charge < -0.3 is 10.2 Å². The fraction of sp³-hybridized carbons (Fsp3) is 0.611. The predicted octanol–water partition coefficient (Wildman–Crippen LogP) is 1.99. The van der Waals surface area contributed by atoms with Crippen LogP contribution in [0.2, 0.25) is 0 Å². The van der Waals surface area contributed by atoms with Crippen molar-refractivity contribution in [1.29, 1.82) is 0 Å². The van der Waals surface area contributed by atoms with E-state index in [9.17, 15) is 9.59 Å². The van der Waals surface area contributed by atoms with E-state index in [4.69, 9.17) is 0 Å². The van der Waals surface area contributed by atoms with Crippen molar-refractivity contribution < 1.29 is 9.59 Å². The number of nitrogens with one attached hydrogen (secondary N) is 1. The van der Waals surface area contributed by atoms with Crippen LogP contribution in [0.25, 0.3) is 0 Å². The largest absolute Gasteiger partial charge is 0.349 e. The molecule has 2 aliphatic carbocycles. The average Bonchev–Trinajstić information content (AvgIpc) is 3.18. The molecule has 1 saturated heterocycles. The van der Waals surface area contributed by atoms with Crippen molar-refractivity contribution in [3.8, 4) is 0 Å². The monoisotopic (exact) mass is 313 g/mol. The van der Waals surface area contributed by atoms with E-state index in [1.54, 1.807) is 24.5 Å². The lowest BCUT2D eigenvalue weighted by atomic mass is 9.83. The molecule has 1 spiro atoms. The van der Waals surface area contributed by atoms with E-state index in [2.05, 4.69) is 15.2 Å². The second-order valence-electron chi connectivity index (χ2n) is 7.28. The third-order valence-corrected chi connectivity index (χ3v) is 5.96. The lowest BCUT2D eigenvalue weighted by Crippen LogP contribution is -2.45. The molecule has 2 amide bonds. The maximum absolute atomic E-state index is 12.3. The van der Waals surface area contributed by atoms with Gasteiger partial charge in [-0.1, -0.05) is 6.42 Å². The average molecular weight is 313 g/mol. The summed E-state index contributed by atoms with van der Waals surface area (Å²) in [5.74, 6) is 0.650. The van der Waals surface area contributed by atoms with Crippen LogP contribution >= 0.6 is 0 Å². The highest BCUT2D eigenvalue weighted by Crippen LogP contribution is 2.54. The molecule has 2 saturated carbocycles. The van der Waals surface area contributed by atoms with Crippen molar-refractivity contribution in [2.45, 2.75) is 44.6 Å². The van der Waals surface area contributed by atoms with Crippen molar-refractivity contribution in [3.05, 3.63) is 30.1 Å². The van der Waals surface area contributed by atoms with Gasteiger partial charge in [0.2, 0.25) is 5.91 Å². The molecule has 0 radical (unpaired) electrons. The predicted molar refractivity (Wildman–Crippen MR) is 85.7 cm³/mol. The number of likely N-dealkylation sites (tertiary alicyclic amines) is 1. The van der Waals surface area contributed by atoms with Crippen LogP contribution in [0.15, 0.2) is 24.5 Å². The zero-order chi connectivity index (χ0) is 15.9. The van der Waals surface area contributed by atoms with E-state index in [0.717, 1.165) is 45.2 Å². The minimum absolute atomic E-state index is 0.0118. The molecular weight excluding hydrogens is 290 g/mol. The van der Waals surface area contributed by atoms with Gasteiger partial charge in [-0.15, -0.1) is 0 Å². The van der Waals surface area contributed by atoms with Crippen molar-refractivity contribution in [2.75, 3.05) is 13.1 Å². The topological polar surface area (TPSA) is 62.3 Å². The Labute approximate surface area is 136 Å². The Morgan fingerprint density at radius 3 is 2.48 bits per heavy atom. The van der Waals surface area contributed by atoms with Gasteiger partial charge in [-0.25, -0.2) is 0 Å². The van der Waals surface area contributed by atoms with E-state index >= 15 is 0 Å². The summed E-state index contributed by atoms with van der Waals surface area (Å²) in [6, 6.07) is 3.75. The van der Waals surface area contributed by atoms with Gasteiger partial charge in [-0.2, -0.15) is 0 Å². The van der Waals surface area contributed by atoms with Crippen LogP contribution in [0.1, 0.15) is 48.9 Å². The smallest absolute Gasteiger partial charge is 0.251 e. The molecule has 4 rings (SSSR count). The van der Waals surface area contributed by atoms with Gasteiger partial charge in [0.05, 0.1) is 0 Å². The Morgan fingerprint density at radius 1 is 1.17 bits per heavy atom. The van der Waals surface area contributed by atoms with Gasteiger partial charge in [0.15, 0.2) is 0 Å². The molecular formula is C18H23N3O2. The third kappa shape index (κ3) is 2.73.